The van der Waals surface area contributed by atoms with Crippen molar-refractivity contribution < 1.29 is 9.59 Å². The quantitative estimate of drug-likeness (QED) is 0.755. The summed E-state index contributed by atoms with van der Waals surface area (Å²) in [6.07, 6.45) is 5.01. The average Bonchev–Trinajstić information content (AvgIpc) is 2.49. The standard InChI is InChI=1S/C17H33N3O2/c1-5-10-17(4,18)16(22)19-14-8-11-20(12-9-14)15(21)13(6-2)7-3/h13-14H,5-12,18H2,1-4H3,(H,19,22). The molecule has 1 atom stereocenters. The maximum atomic E-state index is 12.4. The molecule has 0 bridgehead atoms. The summed E-state index contributed by atoms with van der Waals surface area (Å²) in [5.41, 5.74) is 5.27. The first-order valence-corrected chi connectivity index (χ1v) is 8.74. The number of piperidine rings is 1. The van der Waals surface area contributed by atoms with Gasteiger partial charge in [-0.05, 0) is 39.0 Å². The maximum Gasteiger partial charge on any atom is 0.240 e. The minimum absolute atomic E-state index is 0.0703. The fourth-order valence-corrected chi connectivity index (χ4v) is 3.12. The van der Waals surface area contributed by atoms with Crippen LogP contribution in [0.25, 0.3) is 0 Å². The van der Waals surface area contributed by atoms with E-state index >= 15 is 0 Å². The van der Waals surface area contributed by atoms with Gasteiger partial charge in [0, 0.05) is 25.0 Å². The molecule has 0 saturated carbocycles. The zero-order valence-electron chi connectivity index (χ0n) is 14.7. The van der Waals surface area contributed by atoms with Gasteiger partial charge in [0.25, 0.3) is 0 Å². The number of hydrogen-bond acceptors (Lipinski definition) is 3. The maximum absolute atomic E-state index is 12.4. The second-order valence-corrected chi connectivity index (χ2v) is 6.75. The van der Waals surface area contributed by atoms with Crippen LogP contribution in [-0.2, 0) is 9.59 Å². The summed E-state index contributed by atoms with van der Waals surface area (Å²) in [6.45, 7) is 9.41. The fraction of sp³-hybridized carbons (Fsp3) is 0.882. The predicted molar refractivity (Wildman–Crippen MR) is 89.3 cm³/mol. The SMILES string of the molecule is CCCC(C)(N)C(=O)NC1CCN(C(=O)C(CC)CC)CC1. The number of amides is 2. The van der Waals surface area contributed by atoms with E-state index in [1.54, 1.807) is 6.92 Å². The van der Waals surface area contributed by atoms with Crippen molar-refractivity contribution in [1.29, 1.82) is 0 Å². The molecule has 0 aromatic carbocycles. The van der Waals surface area contributed by atoms with Crippen molar-refractivity contribution in [3.63, 3.8) is 0 Å². The Kier molecular flexibility index (Phi) is 7.33. The van der Waals surface area contributed by atoms with Crippen molar-refractivity contribution in [1.82, 2.24) is 10.2 Å². The van der Waals surface area contributed by atoms with Gasteiger partial charge in [0.05, 0.1) is 5.54 Å². The molecular weight excluding hydrogens is 278 g/mol. The number of nitrogens with two attached hydrogens (primary N) is 1. The van der Waals surface area contributed by atoms with Gasteiger partial charge in [-0.1, -0.05) is 27.2 Å². The molecule has 0 aromatic heterocycles. The van der Waals surface area contributed by atoms with Gasteiger partial charge in [0.2, 0.25) is 11.8 Å². The molecule has 128 valence electrons. The van der Waals surface area contributed by atoms with Gasteiger partial charge in [0.1, 0.15) is 0 Å². The van der Waals surface area contributed by atoms with E-state index in [0.717, 1.165) is 45.2 Å². The first-order chi connectivity index (χ1) is 10.4. The highest BCUT2D eigenvalue weighted by molar-refractivity contribution is 5.85. The van der Waals surface area contributed by atoms with Crippen LogP contribution in [-0.4, -0.2) is 41.4 Å². The van der Waals surface area contributed by atoms with Gasteiger partial charge in [0.15, 0.2) is 0 Å². The summed E-state index contributed by atoms with van der Waals surface area (Å²) in [7, 11) is 0. The molecule has 5 nitrogen and oxygen atoms in total. The number of nitrogens with one attached hydrogen (secondary N) is 1. The van der Waals surface area contributed by atoms with Crippen LogP contribution in [0, 0.1) is 5.92 Å². The van der Waals surface area contributed by atoms with Crippen LogP contribution in [0.4, 0.5) is 0 Å². The lowest BCUT2D eigenvalue weighted by Gasteiger charge is -2.35. The zero-order chi connectivity index (χ0) is 16.8. The molecule has 1 rings (SSSR count). The minimum Gasteiger partial charge on any atom is -0.352 e. The van der Waals surface area contributed by atoms with Crippen molar-refractivity contribution >= 4 is 11.8 Å². The van der Waals surface area contributed by atoms with E-state index in [4.69, 9.17) is 5.73 Å². The first kappa shape index (κ1) is 18.9. The van der Waals surface area contributed by atoms with Gasteiger partial charge in [-0.25, -0.2) is 0 Å². The Morgan fingerprint density at radius 2 is 1.77 bits per heavy atom. The summed E-state index contributed by atoms with van der Waals surface area (Å²) < 4.78 is 0. The number of likely N-dealkylation sites (tertiary alicyclic amines) is 1. The van der Waals surface area contributed by atoms with Crippen molar-refractivity contribution in [2.24, 2.45) is 11.7 Å². The summed E-state index contributed by atoms with van der Waals surface area (Å²) >= 11 is 0. The molecule has 1 aliphatic rings. The highest BCUT2D eigenvalue weighted by Crippen LogP contribution is 2.18. The van der Waals surface area contributed by atoms with Gasteiger partial charge >= 0.3 is 0 Å². The molecule has 5 heteroatoms. The van der Waals surface area contributed by atoms with Crippen LogP contribution >= 0.6 is 0 Å². The normalized spacial score (nSPS) is 19.1. The van der Waals surface area contributed by atoms with E-state index < -0.39 is 5.54 Å². The third-order valence-electron chi connectivity index (χ3n) is 4.76. The lowest BCUT2D eigenvalue weighted by atomic mass is 9.94. The molecule has 3 N–H and O–H groups in total. The van der Waals surface area contributed by atoms with Crippen LogP contribution in [0.2, 0.25) is 0 Å². The number of hydrogen-bond donors (Lipinski definition) is 2. The summed E-state index contributed by atoms with van der Waals surface area (Å²) in [4.78, 5) is 26.5. The molecule has 0 radical (unpaired) electrons. The number of rotatable bonds is 7. The Bertz CT molecular complexity index is 370. The molecule has 1 unspecified atom stereocenters. The van der Waals surface area contributed by atoms with Crippen LogP contribution in [0.15, 0.2) is 0 Å². The Labute approximate surface area is 135 Å². The van der Waals surface area contributed by atoms with E-state index in [2.05, 4.69) is 19.2 Å². The van der Waals surface area contributed by atoms with Gasteiger partial charge < -0.3 is 16.0 Å². The monoisotopic (exact) mass is 311 g/mol. The Morgan fingerprint density at radius 1 is 1.23 bits per heavy atom. The third-order valence-corrected chi connectivity index (χ3v) is 4.76. The smallest absolute Gasteiger partial charge is 0.240 e. The van der Waals surface area contributed by atoms with Crippen LogP contribution in [0.3, 0.4) is 0 Å². The molecule has 1 aliphatic heterocycles. The zero-order valence-corrected chi connectivity index (χ0v) is 14.7. The van der Waals surface area contributed by atoms with Gasteiger partial charge in [-0.2, -0.15) is 0 Å². The Morgan fingerprint density at radius 3 is 2.23 bits per heavy atom. The second-order valence-electron chi connectivity index (χ2n) is 6.75. The minimum atomic E-state index is -0.794. The van der Waals surface area contributed by atoms with Crippen molar-refractivity contribution in [2.75, 3.05) is 13.1 Å². The van der Waals surface area contributed by atoms with Gasteiger partial charge in [-0.3, -0.25) is 9.59 Å². The van der Waals surface area contributed by atoms with Crippen LogP contribution < -0.4 is 11.1 Å². The van der Waals surface area contributed by atoms with E-state index in [9.17, 15) is 9.59 Å². The Balaban J connectivity index is 2.46. The van der Waals surface area contributed by atoms with E-state index in [1.807, 2.05) is 11.8 Å². The number of carbonyl (C=O) groups excluding carboxylic acids is 2. The molecule has 22 heavy (non-hydrogen) atoms. The molecule has 0 aromatic rings. The van der Waals surface area contributed by atoms with E-state index in [0.29, 0.717) is 6.42 Å². The molecule has 0 aliphatic carbocycles. The lowest BCUT2D eigenvalue weighted by Crippen LogP contribution is -2.56. The summed E-state index contributed by atoms with van der Waals surface area (Å²) in [6, 6.07) is 0.137. The molecule has 2 amide bonds. The van der Waals surface area contributed by atoms with Gasteiger partial charge in [-0.15, -0.1) is 0 Å². The topological polar surface area (TPSA) is 75.4 Å². The number of carbonyl (C=O) groups is 2. The second kappa shape index (κ2) is 8.51. The highest BCUT2D eigenvalue weighted by Gasteiger charge is 2.31. The molecule has 1 fully saturated rings. The van der Waals surface area contributed by atoms with E-state index in [-0.39, 0.29) is 23.8 Å². The highest BCUT2D eigenvalue weighted by atomic mass is 16.2. The molecule has 1 heterocycles. The van der Waals surface area contributed by atoms with Crippen LogP contribution in [0.5, 0.6) is 0 Å². The van der Waals surface area contributed by atoms with Crippen molar-refractivity contribution in [2.45, 2.75) is 77.8 Å². The first-order valence-electron chi connectivity index (χ1n) is 8.74. The Hall–Kier alpha value is -1.10. The average molecular weight is 311 g/mol. The largest absolute Gasteiger partial charge is 0.352 e. The van der Waals surface area contributed by atoms with Crippen molar-refractivity contribution in [3.05, 3.63) is 0 Å². The van der Waals surface area contributed by atoms with E-state index in [1.165, 1.54) is 0 Å². The lowest BCUT2D eigenvalue weighted by molar-refractivity contribution is -0.137. The third kappa shape index (κ3) is 4.97. The van der Waals surface area contributed by atoms with Crippen molar-refractivity contribution in [3.8, 4) is 0 Å². The molecule has 0 spiro atoms. The van der Waals surface area contributed by atoms with Crippen LogP contribution in [0.1, 0.15) is 66.2 Å². The molecule has 1 saturated heterocycles. The number of nitrogens with zero attached hydrogens (tertiary/aromatic N) is 1. The predicted octanol–water partition coefficient (Wildman–Crippen LogP) is 2.05. The fourth-order valence-electron chi connectivity index (χ4n) is 3.12. The summed E-state index contributed by atoms with van der Waals surface area (Å²) in [5.74, 6) is 0.339. The molecular formula is C17H33N3O2. The summed E-state index contributed by atoms with van der Waals surface area (Å²) in [5, 5.41) is 3.06.